The number of methoxy groups -OCH3 is 1. The van der Waals surface area contributed by atoms with E-state index in [4.69, 9.17) is 13.9 Å². The minimum Gasteiger partial charge on any atom is -0.493 e. The molecule has 17 nitrogen and oxygen atoms in total. The van der Waals surface area contributed by atoms with Crippen molar-refractivity contribution in [2.45, 2.75) is 101 Å². The van der Waals surface area contributed by atoms with Crippen LogP contribution in [0, 0.1) is 34.2 Å². The fraction of sp³-hybridized carbons (Fsp3) is 0.414. The van der Waals surface area contributed by atoms with Gasteiger partial charge in [-0.3, -0.25) is 24.7 Å². The van der Waals surface area contributed by atoms with Gasteiger partial charge in [0, 0.05) is 92.7 Å². The summed E-state index contributed by atoms with van der Waals surface area (Å²) in [5.41, 5.74) is 4.63. The number of carbonyl (C=O) groups is 1. The number of ether oxygens (including phenoxy) is 2. The number of benzene rings is 4. The third kappa shape index (κ3) is 10.6. The van der Waals surface area contributed by atoms with E-state index in [1.54, 1.807) is 26.2 Å². The Balaban J connectivity index is 0.798. The van der Waals surface area contributed by atoms with E-state index in [1.165, 1.54) is 53.3 Å². The number of anilines is 2. The van der Waals surface area contributed by atoms with Crippen LogP contribution in [0.4, 0.5) is 21.5 Å². The van der Waals surface area contributed by atoms with Crippen molar-refractivity contribution < 1.29 is 41.5 Å². The number of halogens is 1. The van der Waals surface area contributed by atoms with Crippen LogP contribution in [0.5, 0.6) is 17.2 Å². The van der Waals surface area contributed by atoms with Crippen molar-refractivity contribution >= 4 is 55.0 Å². The Morgan fingerprint density at radius 2 is 1.81 bits per heavy atom. The van der Waals surface area contributed by atoms with E-state index in [-0.39, 0.29) is 45.5 Å². The van der Waals surface area contributed by atoms with Crippen LogP contribution < -0.4 is 24.4 Å². The van der Waals surface area contributed by atoms with Crippen LogP contribution in [-0.4, -0.2) is 102 Å². The van der Waals surface area contributed by atoms with Crippen molar-refractivity contribution in [1.82, 2.24) is 24.5 Å². The van der Waals surface area contributed by atoms with Crippen LogP contribution in [-0.2, 0) is 16.6 Å². The van der Waals surface area contributed by atoms with Crippen molar-refractivity contribution in [3.05, 3.63) is 141 Å². The predicted molar refractivity (Wildman–Crippen MR) is 292 cm³/mol. The van der Waals surface area contributed by atoms with Gasteiger partial charge in [-0.15, -0.1) is 0 Å². The highest BCUT2D eigenvalue weighted by Crippen LogP contribution is 2.54. The summed E-state index contributed by atoms with van der Waals surface area (Å²) in [6, 6.07) is 25.6. The molecule has 2 saturated heterocycles. The van der Waals surface area contributed by atoms with Gasteiger partial charge in [0.15, 0.2) is 11.3 Å². The number of sulfonamides is 1. The lowest BCUT2D eigenvalue weighted by atomic mass is 9.59. The zero-order valence-electron chi connectivity index (χ0n) is 44.0. The van der Waals surface area contributed by atoms with Crippen molar-refractivity contribution in [1.29, 1.82) is 0 Å². The second-order valence-electron chi connectivity index (χ2n) is 22.4. The van der Waals surface area contributed by atoms with Gasteiger partial charge in [0.2, 0.25) is 0 Å². The first-order valence-electron chi connectivity index (χ1n) is 26.5. The van der Waals surface area contributed by atoms with E-state index in [1.807, 2.05) is 6.92 Å². The Morgan fingerprint density at radius 3 is 2.56 bits per heavy atom. The highest BCUT2D eigenvalue weighted by atomic mass is 32.2. The number of amides is 1. The number of aliphatic hydroxyl groups is 1. The molecule has 404 valence electrons. The number of nitrogens with zero attached hydrogens (tertiary/aromatic N) is 5. The van der Waals surface area contributed by atoms with Crippen LogP contribution in [0.2, 0.25) is 0 Å². The summed E-state index contributed by atoms with van der Waals surface area (Å²) in [4.78, 5) is 39.8. The Morgan fingerprint density at radius 1 is 1.03 bits per heavy atom. The number of nitrogens with one attached hydrogen (secondary N) is 3. The SMILES string of the molecule is COc1cc(CN2CCN(C3CC4(C3)CN(c3ccc(C(=O)NS(=O)(=O)c5ccc(NCC6CCC(C)(O)CC6)c([N+](=O)[O-])c5)c(Oc5cnc6[nH]cc(F)c6c5)c3)C4)[C@H](c3ccccc3C(C)C)C2)cc2cc(C)oc12. The van der Waals surface area contributed by atoms with Gasteiger partial charge in [0.1, 0.15) is 34.4 Å². The number of nitro groups is 1. The Bertz CT molecular complexity index is 3500. The molecule has 2 aliphatic carbocycles. The minimum atomic E-state index is -4.65. The molecule has 19 heteroatoms. The van der Waals surface area contributed by atoms with Crippen molar-refractivity contribution in [3.63, 3.8) is 0 Å². The molecule has 0 bridgehead atoms. The number of pyridine rings is 1. The van der Waals surface area contributed by atoms with Crippen LogP contribution in [0.25, 0.3) is 22.0 Å². The highest BCUT2D eigenvalue weighted by molar-refractivity contribution is 7.90. The second-order valence-corrected chi connectivity index (χ2v) is 24.1. The van der Waals surface area contributed by atoms with Gasteiger partial charge in [-0.1, -0.05) is 38.1 Å². The van der Waals surface area contributed by atoms with Gasteiger partial charge in [0.05, 0.1) is 39.7 Å². The predicted octanol–water partition coefficient (Wildman–Crippen LogP) is 10.6. The largest absolute Gasteiger partial charge is 0.493 e. The Hall–Kier alpha value is -7.06. The summed E-state index contributed by atoms with van der Waals surface area (Å²) in [6.45, 7) is 13.7. The van der Waals surface area contributed by atoms with Gasteiger partial charge < -0.3 is 34.2 Å². The molecule has 77 heavy (non-hydrogen) atoms. The third-order valence-corrected chi connectivity index (χ3v) is 17.8. The van der Waals surface area contributed by atoms with Crippen LogP contribution in [0.15, 0.2) is 107 Å². The molecule has 4 aliphatic rings. The normalized spacial score (nSPS) is 21.1. The molecule has 0 radical (unpaired) electrons. The van der Waals surface area contributed by atoms with E-state index in [0.717, 1.165) is 99.2 Å². The zero-order chi connectivity index (χ0) is 54.0. The van der Waals surface area contributed by atoms with Gasteiger partial charge in [0.25, 0.3) is 21.6 Å². The number of carbonyl (C=O) groups excluding carboxylic acids is 1. The van der Waals surface area contributed by atoms with Crippen molar-refractivity contribution in [2.24, 2.45) is 11.3 Å². The standard InChI is InChI=1S/C58H65FN8O9S/c1-35(2)44-8-6-7-9-45(44)51-32-64(31-38-21-39-20-36(3)75-54(39)53(22-38)74-5)18-19-66(51)41-26-58(27-41)33-65(34-58)40-10-12-46(52(23-40)76-42-24-47-48(59)30-62-55(47)61-29-42)56(68)63-77(72,73)43-11-13-49(50(25-43)67(70)71)60-28-37-14-16-57(4,69)17-15-37/h6-13,20-25,29-30,35,37,41,51,60,69H,14-19,26-28,31-34H2,1-5H3,(H,61,62)(H,63,68)/t37?,51-,57?/m0/s1. The summed E-state index contributed by atoms with van der Waals surface area (Å²) in [7, 11) is -2.97. The number of H-pyrrole nitrogens is 1. The minimum absolute atomic E-state index is 0.0114. The zero-order valence-corrected chi connectivity index (χ0v) is 44.8. The number of aromatic amines is 1. The molecule has 4 aromatic carbocycles. The van der Waals surface area contributed by atoms with Gasteiger partial charge >= 0.3 is 0 Å². The molecule has 1 amide bonds. The molecular formula is C58H65FN8O9S. The van der Waals surface area contributed by atoms with Gasteiger partial charge in [-0.05, 0) is 129 Å². The summed E-state index contributed by atoms with van der Waals surface area (Å²) < 4.78 is 62.6. The van der Waals surface area contributed by atoms with Gasteiger partial charge in [-0.25, -0.2) is 22.5 Å². The fourth-order valence-corrected chi connectivity index (χ4v) is 13.3. The Labute approximate surface area is 446 Å². The summed E-state index contributed by atoms with van der Waals surface area (Å²) in [5, 5.41) is 26.9. The molecule has 1 spiro atoms. The number of piperazine rings is 1. The fourth-order valence-electron chi connectivity index (χ4n) is 12.3. The van der Waals surface area contributed by atoms with Crippen LogP contribution in [0.1, 0.15) is 104 Å². The molecule has 5 heterocycles. The lowest BCUT2D eigenvalue weighted by Crippen LogP contribution is -2.68. The summed E-state index contributed by atoms with van der Waals surface area (Å²) >= 11 is 0. The Kier molecular flexibility index (Phi) is 13.8. The highest BCUT2D eigenvalue weighted by Gasteiger charge is 2.55. The van der Waals surface area contributed by atoms with Gasteiger partial charge in [-0.2, -0.15) is 0 Å². The first kappa shape index (κ1) is 52.0. The molecule has 7 aromatic rings. The molecule has 4 fully saturated rings. The smallest absolute Gasteiger partial charge is 0.293 e. The average Bonchev–Trinajstić information content (AvgIpc) is 3.98. The number of fused-ring (bicyclic) bond motifs is 2. The third-order valence-electron chi connectivity index (χ3n) is 16.5. The quantitative estimate of drug-likeness (QED) is 0.0525. The molecule has 0 unspecified atom stereocenters. The molecule has 3 aromatic heterocycles. The molecular weight excluding hydrogens is 1000 g/mol. The van der Waals surface area contributed by atoms with Crippen molar-refractivity contribution in [2.75, 3.05) is 56.6 Å². The number of nitro benzene ring substituents is 1. The molecule has 2 saturated carbocycles. The monoisotopic (exact) mass is 1070 g/mol. The van der Waals surface area contributed by atoms with Crippen LogP contribution in [0.3, 0.4) is 0 Å². The first-order chi connectivity index (χ1) is 36.8. The van der Waals surface area contributed by atoms with Crippen molar-refractivity contribution in [3.8, 4) is 17.2 Å². The second kappa shape index (κ2) is 20.4. The van der Waals surface area contributed by atoms with E-state index in [2.05, 4.69) is 91.0 Å². The van der Waals surface area contributed by atoms with E-state index in [9.17, 15) is 32.8 Å². The summed E-state index contributed by atoms with van der Waals surface area (Å²) in [5.74, 6) is 0.678. The van der Waals surface area contributed by atoms with E-state index >= 15 is 0 Å². The lowest BCUT2D eigenvalue weighted by Gasteiger charge is -2.63. The molecule has 4 N–H and O–H groups in total. The maximum Gasteiger partial charge on any atom is 0.293 e. The van der Waals surface area contributed by atoms with E-state index in [0.29, 0.717) is 37.0 Å². The molecule has 1 atom stereocenters. The maximum atomic E-state index is 14.7. The maximum absolute atomic E-state index is 14.7. The first-order valence-corrected chi connectivity index (χ1v) is 28.0. The average molecular weight is 1070 g/mol. The number of aryl methyl sites for hydroxylation is 1. The number of furan rings is 1. The molecule has 2 aliphatic heterocycles. The number of hydrogen-bond donors (Lipinski definition) is 4. The topological polar surface area (TPSA) is 209 Å². The number of rotatable bonds is 16. The molecule has 11 rings (SSSR count). The van der Waals surface area contributed by atoms with Crippen LogP contribution >= 0.6 is 0 Å². The number of aromatic nitrogens is 2. The number of hydrogen-bond acceptors (Lipinski definition) is 14. The van der Waals surface area contributed by atoms with E-state index < -0.39 is 42.9 Å². The lowest BCUT2D eigenvalue weighted by molar-refractivity contribution is -0.384. The summed E-state index contributed by atoms with van der Waals surface area (Å²) in [6.07, 6.45) is 7.32.